The topological polar surface area (TPSA) is 44.1 Å². The van der Waals surface area contributed by atoms with Crippen LogP contribution in [-0.2, 0) is 11.3 Å². The van der Waals surface area contributed by atoms with Crippen molar-refractivity contribution in [2.75, 3.05) is 0 Å². The van der Waals surface area contributed by atoms with Crippen molar-refractivity contribution in [2.45, 2.75) is 45.7 Å². The largest absolute Gasteiger partial charge is 0.336 e. The molecule has 1 aromatic rings. The van der Waals surface area contributed by atoms with E-state index < -0.39 is 0 Å². The number of rotatable bonds is 4. The van der Waals surface area contributed by atoms with Gasteiger partial charge in [0.1, 0.15) is 0 Å². The van der Waals surface area contributed by atoms with E-state index in [0.717, 1.165) is 24.8 Å². The number of hydrogen-bond acceptors (Lipinski definition) is 2. The number of allylic oxidation sites excluding steroid dienone is 2. The molecule has 1 aliphatic rings. The highest BCUT2D eigenvalue weighted by Gasteiger charge is 2.26. The Morgan fingerprint density at radius 2 is 2.05 bits per heavy atom. The third-order valence-corrected chi connectivity index (χ3v) is 3.96. The monoisotopic (exact) mass is 282 g/mol. The summed E-state index contributed by atoms with van der Waals surface area (Å²) in [6.45, 7) is 4.73. The molecule has 0 N–H and O–H groups in total. The molecule has 21 heavy (non-hydrogen) atoms. The van der Waals surface area contributed by atoms with Crippen LogP contribution < -0.4 is 0 Å². The maximum Gasteiger partial charge on any atom is 0.226 e. The second-order valence-corrected chi connectivity index (χ2v) is 5.85. The Balaban J connectivity index is 2.09. The molecular formula is C18H22N2O. The molecule has 0 aliphatic heterocycles. The van der Waals surface area contributed by atoms with E-state index in [9.17, 15) is 4.79 Å². The van der Waals surface area contributed by atoms with E-state index in [2.05, 4.69) is 32.1 Å². The van der Waals surface area contributed by atoms with Crippen molar-refractivity contribution in [3.8, 4) is 6.07 Å². The number of nitrogens with zero attached hydrogens (tertiary/aromatic N) is 2. The third-order valence-electron chi connectivity index (χ3n) is 3.96. The van der Waals surface area contributed by atoms with Gasteiger partial charge in [-0.05, 0) is 50.8 Å². The van der Waals surface area contributed by atoms with Gasteiger partial charge in [0.15, 0.2) is 0 Å². The second kappa shape index (κ2) is 7.08. The van der Waals surface area contributed by atoms with Crippen molar-refractivity contribution in [3.05, 3.63) is 47.5 Å². The van der Waals surface area contributed by atoms with Crippen LogP contribution in [0.5, 0.6) is 0 Å². The Labute approximate surface area is 126 Å². The molecule has 1 aliphatic carbocycles. The number of carbonyl (C=O) groups is 1. The van der Waals surface area contributed by atoms with Gasteiger partial charge in [-0.25, -0.2) is 0 Å². The summed E-state index contributed by atoms with van der Waals surface area (Å²) in [5, 5.41) is 8.84. The van der Waals surface area contributed by atoms with Gasteiger partial charge >= 0.3 is 0 Å². The minimum atomic E-state index is 0.121. The van der Waals surface area contributed by atoms with E-state index in [1.54, 1.807) is 0 Å². The lowest BCUT2D eigenvalue weighted by Gasteiger charge is -2.31. The summed E-state index contributed by atoms with van der Waals surface area (Å²) in [6.07, 6.45) is 7.08. The highest BCUT2D eigenvalue weighted by atomic mass is 16.2. The molecule has 3 heteroatoms. The first-order chi connectivity index (χ1) is 10.1. The zero-order chi connectivity index (χ0) is 15.2. The first-order valence-corrected chi connectivity index (χ1v) is 7.56. The average molecular weight is 282 g/mol. The Morgan fingerprint density at radius 3 is 2.57 bits per heavy atom. The van der Waals surface area contributed by atoms with Crippen molar-refractivity contribution >= 4 is 5.91 Å². The normalized spacial score (nSPS) is 17.5. The van der Waals surface area contributed by atoms with Gasteiger partial charge in [0.25, 0.3) is 0 Å². The standard InChI is InChI=1S/C18H22N2O/c1-14(2)20(18(21)17-6-4-3-5-7-17)13-16-10-8-15(12-19)9-11-16/h3-4,8-11,14,17H,5-7,13H2,1-2H3. The van der Waals surface area contributed by atoms with Crippen LogP contribution in [-0.4, -0.2) is 16.8 Å². The third kappa shape index (κ3) is 3.95. The molecule has 1 amide bonds. The fourth-order valence-corrected chi connectivity index (χ4v) is 2.65. The van der Waals surface area contributed by atoms with Crippen LogP contribution in [0.2, 0.25) is 0 Å². The predicted octanol–water partition coefficient (Wildman–Crippen LogP) is 3.65. The lowest BCUT2D eigenvalue weighted by Crippen LogP contribution is -2.40. The lowest BCUT2D eigenvalue weighted by atomic mass is 9.92. The quantitative estimate of drug-likeness (QED) is 0.791. The zero-order valence-corrected chi connectivity index (χ0v) is 12.7. The van der Waals surface area contributed by atoms with Crippen LogP contribution in [0, 0.1) is 17.2 Å². The van der Waals surface area contributed by atoms with Crippen LogP contribution in [0.3, 0.4) is 0 Å². The van der Waals surface area contributed by atoms with E-state index in [-0.39, 0.29) is 17.9 Å². The fraction of sp³-hybridized carbons (Fsp3) is 0.444. The number of carbonyl (C=O) groups excluding carboxylic acids is 1. The van der Waals surface area contributed by atoms with Gasteiger partial charge in [0.05, 0.1) is 11.6 Å². The van der Waals surface area contributed by atoms with Gasteiger partial charge in [0, 0.05) is 18.5 Å². The predicted molar refractivity (Wildman–Crippen MR) is 83.3 cm³/mol. The molecule has 3 nitrogen and oxygen atoms in total. The van der Waals surface area contributed by atoms with Gasteiger partial charge in [-0.1, -0.05) is 24.3 Å². The molecule has 1 atom stereocenters. The molecule has 0 fully saturated rings. The van der Waals surface area contributed by atoms with Crippen LogP contribution >= 0.6 is 0 Å². The number of benzene rings is 1. The van der Waals surface area contributed by atoms with Crippen LogP contribution in [0.25, 0.3) is 0 Å². The molecule has 0 bridgehead atoms. The summed E-state index contributed by atoms with van der Waals surface area (Å²) in [4.78, 5) is 14.7. The molecule has 1 unspecified atom stereocenters. The summed E-state index contributed by atoms with van der Waals surface area (Å²) >= 11 is 0. The minimum absolute atomic E-state index is 0.121. The second-order valence-electron chi connectivity index (χ2n) is 5.85. The summed E-state index contributed by atoms with van der Waals surface area (Å²) in [7, 11) is 0. The van der Waals surface area contributed by atoms with Gasteiger partial charge in [-0.15, -0.1) is 0 Å². The number of hydrogen-bond donors (Lipinski definition) is 0. The van der Waals surface area contributed by atoms with E-state index in [1.165, 1.54) is 0 Å². The van der Waals surface area contributed by atoms with Gasteiger partial charge in [-0.2, -0.15) is 5.26 Å². The van der Waals surface area contributed by atoms with Crippen LogP contribution in [0.4, 0.5) is 0 Å². The molecule has 0 spiro atoms. The fourth-order valence-electron chi connectivity index (χ4n) is 2.65. The first-order valence-electron chi connectivity index (χ1n) is 7.56. The first kappa shape index (κ1) is 15.3. The Kier molecular flexibility index (Phi) is 5.16. The summed E-state index contributed by atoms with van der Waals surface area (Å²) in [5.41, 5.74) is 1.72. The molecule has 0 aromatic heterocycles. The van der Waals surface area contributed by atoms with Crippen LogP contribution in [0.1, 0.15) is 44.2 Å². The van der Waals surface area contributed by atoms with Crippen molar-refractivity contribution in [2.24, 2.45) is 5.92 Å². The molecule has 110 valence electrons. The smallest absolute Gasteiger partial charge is 0.226 e. The molecular weight excluding hydrogens is 260 g/mol. The minimum Gasteiger partial charge on any atom is -0.336 e. The zero-order valence-electron chi connectivity index (χ0n) is 12.7. The molecule has 2 rings (SSSR count). The molecule has 0 heterocycles. The molecule has 0 saturated carbocycles. The van der Waals surface area contributed by atoms with Crippen molar-refractivity contribution in [1.29, 1.82) is 5.26 Å². The average Bonchev–Trinajstić information content (AvgIpc) is 2.53. The molecule has 1 aromatic carbocycles. The summed E-state index contributed by atoms with van der Waals surface area (Å²) < 4.78 is 0. The Morgan fingerprint density at radius 1 is 1.33 bits per heavy atom. The van der Waals surface area contributed by atoms with E-state index >= 15 is 0 Å². The summed E-state index contributed by atoms with van der Waals surface area (Å²) in [6, 6.07) is 9.78. The van der Waals surface area contributed by atoms with Crippen LogP contribution in [0.15, 0.2) is 36.4 Å². The van der Waals surface area contributed by atoms with E-state index in [1.807, 2.05) is 29.2 Å². The highest BCUT2D eigenvalue weighted by Crippen LogP contribution is 2.23. The van der Waals surface area contributed by atoms with Crippen molar-refractivity contribution in [3.63, 3.8) is 0 Å². The maximum absolute atomic E-state index is 12.7. The van der Waals surface area contributed by atoms with Gasteiger partial charge in [-0.3, -0.25) is 4.79 Å². The van der Waals surface area contributed by atoms with E-state index in [4.69, 9.17) is 5.26 Å². The Bertz CT molecular complexity index is 552. The van der Waals surface area contributed by atoms with Crippen molar-refractivity contribution in [1.82, 2.24) is 4.90 Å². The van der Waals surface area contributed by atoms with Crippen molar-refractivity contribution < 1.29 is 4.79 Å². The Hall–Kier alpha value is -2.08. The SMILES string of the molecule is CC(C)N(Cc1ccc(C#N)cc1)C(=O)C1CC=CCC1. The van der Waals surface area contributed by atoms with Gasteiger partial charge in [0.2, 0.25) is 5.91 Å². The lowest BCUT2D eigenvalue weighted by molar-refractivity contribution is -0.138. The van der Waals surface area contributed by atoms with E-state index in [0.29, 0.717) is 12.1 Å². The molecule has 0 saturated heterocycles. The summed E-state index contributed by atoms with van der Waals surface area (Å²) in [5.74, 6) is 0.370. The number of amides is 1. The maximum atomic E-state index is 12.7. The molecule has 0 radical (unpaired) electrons. The number of nitriles is 1. The van der Waals surface area contributed by atoms with Gasteiger partial charge < -0.3 is 4.90 Å². The highest BCUT2D eigenvalue weighted by molar-refractivity contribution is 5.79.